The number of hydrogen-bond acceptors (Lipinski definition) is 8. The van der Waals surface area contributed by atoms with E-state index in [-0.39, 0.29) is 12.0 Å². The van der Waals surface area contributed by atoms with Crippen molar-refractivity contribution in [3.05, 3.63) is 35.0 Å². The zero-order valence-corrected chi connectivity index (χ0v) is 18.2. The van der Waals surface area contributed by atoms with Crippen LogP contribution in [0.1, 0.15) is 48.8 Å². The summed E-state index contributed by atoms with van der Waals surface area (Å²) in [6.07, 6.45) is 2.28. The van der Waals surface area contributed by atoms with Crippen LogP contribution in [0.4, 0.5) is 10.9 Å². The second-order valence-electron chi connectivity index (χ2n) is 7.52. The largest absolute Gasteiger partial charge is 0.377 e. The van der Waals surface area contributed by atoms with E-state index in [1.807, 2.05) is 32.0 Å². The third-order valence-electron chi connectivity index (χ3n) is 4.80. The Labute approximate surface area is 181 Å². The zero-order chi connectivity index (χ0) is 21.3. The average Bonchev–Trinajstić information content (AvgIpc) is 3.20. The summed E-state index contributed by atoms with van der Waals surface area (Å²) in [6.45, 7) is 7.12. The molecule has 2 N–H and O–H groups in total. The topological polar surface area (TPSA) is 103 Å². The number of pyridine rings is 1. The van der Waals surface area contributed by atoms with E-state index in [9.17, 15) is 4.79 Å². The fraction of sp³-hybridized carbons (Fsp3) is 0.524. The van der Waals surface area contributed by atoms with Gasteiger partial charge in [0.1, 0.15) is 11.5 Å². The van der Waals surface area contributed by atoms with Crippen LogP contribution in [0.3, 0.4) is 0 Å². The molecule has 0 saturated carbocycles. The van der Waals surface area contributed by atoms with Crippen molar-refractivity contribution >= 4 is 28.2 Å². The molecule has 30 heavy (non-hydrogen) atoms. The lowest BCUT2D eigenvalue weighted by atomic mass is 9.94. The highest BCUT2D eigenvalue weighted by Gasteiger charge is 2.22. The van der Waals surface area contributed by atoms with E-state index >= 15 is 0 Å². The van der Waals surface area contributed by atoms with Gasteiger partial charge in [0.15, 0.2) is 5.13 Å². The number of carbonyl (C=O) groups excluding carboxylic acids is 1. The summed E-state index contributed by atoms with van der Waals surface area (Å²) in [4.78, 5) is 23.5. The Balaban J connectivity index is 1.56. The maximum Gasteiger partial charge on any atom is 0.270 e. The lowest BCUT2D eigenvalue weighted by Crippen LogP contribution is -2.34. The number of likely N-dealkylation sites (tertiary alicyclic amines) is 1. The number of rotatable bonds is 9. The number of nitrogens with zero attached hydrogens (tertiary/aromatic N) is 4. The molecule has 1 amide bonds. The van der Waals surface area contributed by atoms with Gasteiger partial charge in [-0.15, -0.1) is 11.3 Å². The quantitative estimate of drug-likeness (QED) is 0.467. The van der Waals surface area contributed by atoms with Gasteiger partial charge in [-0.05, 0) is 45.4 Å². The number of amides is 1. The zero-order valence-electron chi connectivity index (χ0n) is 17.4. The molecule has 0 aromatic carbocycles. The van der Waals surface area contributed by atoms with Gasteiger partial charge in [0, 0.05) is 30.1 Å². The van der Waals surface area contributed by atoms with Crippen LogP contribution >= 0.6 is 11.3 Å². The minimum Gasteiger partial charge on any atom is -0.377 e. The molecule has 3 heterocycles. The molecular weight excluding hydrogens is 400 g/mol. The molecule has 0 bridgehead atoms. The van der Waals surface area contributed by atoms with Crippen molar-refractivity contribution in [2.24, 2.45) is 0 Å². The van der Waals surface area contributed by atoms with Gasteiger partial charge in [-0.2, -0.15) is 5.26 Å². The minimum atomic E-state index is -0.215. The number of nitrogens with one attached hydrogen (secondary N) is 2. The van der Waals surface area contributed by atoms with Crippen LogP contribution in [0.5, 0.6) is 0 Å². The van der Waals surface area contributed by atoms with Crippen molar-refractivity contribution in [1.29, 1.82) is 5.26 Å². The Morgan fingerprint density at radius 1 is 1.43 bits per heavy atom. The van der Waals surface area contributed by atoms with E-state index in [2.05, 4.69) is 26.6 Å². The summed E-state index contributed by atoms with van der Waals surface area (Å²) in [5.41, 5.74) is 1.39. The molecule has 1 aliphatic heterocycles. The van der Waals surface area contributed by atoms with E-state index in [0.29, 0.717) is 42.3 Å². The lowest BCUT2D eigenvalue weighted by molar-refractivity contribution is 0.0745. The fourth-order valence-electron chi connectivity index (χ4n) is 3.38. The summed E-state index contributed by atoms with van der Waals surface area (Å²) < 4.78 is 5.42. The van der Waals surface area contributed by atoms with Gasteiger partial charge in [0.2, 0.25) is 0 Å². The first-order chi connectivity index (χ1) is 14.5. The van der Waals surface area contributed by atoms with Crippen LogP contribution < -0.4 is 10.6 Å². The first-order valence-electron chi connectivity index (χ1n) is 10.2. The van der Waals surface area contributed by atoms with Crippen molar-refractivity contribution in [2.75, 3.05) is 38.1 Å². The van der Waals surface area contributed by atoms with Crippen LogP contribution in [0.2, 0.25) is 0 Å². The van der Waals surface area contributed by atoms with Gasteiger partial charge in [-0.25, -0.2) is 9.97 Å². The Kier molecular flexibility index (Phi) is 8.13. The van der Waals surface area contributed by atoms with E-state index in [1.165, 1.54) is 11.3 Å². The smallest absolute Gasteiger partial charge is 0.270 e. The molecule has 160 valence electrons. The van der Waals surface area contributed by atoms with E-state index < -0.39 is 0 Å². The Hall–Kier alpha value is -2.54. The molecule has 1 saturated heterocycles. The highest BCUT2D eigenvalue weighted by molar-refractivity contribution is 7.14. The van der Waals surface area contributed by atoms with Crippen molar-refractivity contribution < 1.29 is 9.53 Å². The summed E-state index contributed by atoms with van der Waals surface area (Å²) in [7, 11) is 0. The molecule has 0 spiro atoms. The van der Waals surface area contributed by atoms with Crippen molar-refractivity contribution in [3.8, 4) is 6.07 Å². The van der Waals surface area contributed by atoms with Gasteiger partial charge in [-0.3, -0.25) is 9.69 Å². The molecule has 2 aromatic rings. The van der Waals surface area contributed by atoms with Gasteiger partial charge in [-0.1, -0.05) is 6.07 Å². The van der Waals surface area contributed by atoms with Gasteiger partial charge in [0.05, 0.1) is 25.3 Å². The van der Waals surface area contributed by atoms with Crippen LogP contribution in [0, 0.1) is 11.3 Å². The Bertz CT molecular complexity index is 878. The summed E-state index contributed by atoms with van der Waals surface area (Å²) in [6, 6.07) is 8.13. The maximum atomic E-state index is 12.2. The molecule has 1 fully saturated rings. The number of thiazole rings is 1. The van der Waals surface area contributed by atoms with Crippen LogP contribution in [0.25, 0.3) is 0 Å². The Morgan fingerprint density at radius 2 is 2.30 bits per heavy atom. The van der Waals surface area contributed by atoms with Crippen LogP contribution in [-0.4, -0.2) is 59.7 Å². The summed E-state index contributed by atoms with van der Waals surface area (Å²) in [5, 5.41) is 17.3. The second kappa shape index (κ2) is 11.0. The minimum absolute atomic E-state index is 0.142. The summed E-state index contributed by atoms with van der Waals surface area (Å²) in [5.74, 6) is 0.809. The number of aromatic nitrogens is 2. The molecular formula is C21H28N6O2S. The number of nitriles is 1. The monoisotopic (exact) mass is 428 g/mol. The standard InChI is InChI=1S/C21H28N6O2S/c1-15(2)29-12-9-23-20(28)18-14-30-21(25-18)26-19-7-3-6-17(24-19)16-5-4-10-27(13-16)11-8-22/h3,6-7,14-16H,4-5,9-13H2,1-2H3,(H,23,28)(H,24,25,26)/t16-/m0/s1. The Morgan fingerprint density at radius 3 is 3.10 bits per heavy atom. The number of carbonyl (C=O) groups is 1. The number of piperidine rings is 1. The van der Waals surface area contributed by atoms with Crippen LogP contribution in [-0.2, 0) is 4.74 Å². The molecule has 0 aliphatic carbocycles. The third-order valence-corrected chi connectivity index (χ3v) is 5.56. The molecule has 0 radical (unpaired) electrons. The highest BCUT2D eigenvalue weighted by atomic mass is 32.1. The first-order valence-corrected chi connectivity index (χ1v) is 11.1. The van der Waals surface area contributed by atoms with E-state index in [1.54, 1.807) is 5.38 Å². The number of anilines is 2. The van der Waals surface area contributed by atoms with Crippen LogP contribution in [0.15, 0.2) is 23.6 Å². The number of hydrogen-bond donors (Lipinski definition) is 2. The average molecular weight is 429 g/mol. The van der Waals surface area contributed by atoms with Crippen molar-refractivity contribution in [2.45, 2.75) is 38.7 Å². The molecule has 2 aromatic heterocycles. The summed E-state index contributed by atoms with van der Waals surface area (Å²) >= 11 is 1.37. The molecule has 9 heteroatoms. The van der Waals surface area contributed by atoms with Crippen molar-refractivity contribution in [3.63, 3.8) is 0 Å². The van der Waals surface area contributed by atoms with Gasteiger partial charge >= 0.3 is 0 Å². The lowest BCUT2D eigenvalue weighted by Gasteiger charge is -2.30. The van der Waals surface area contributed by atoms with E-state index in [4.69, 9.17) is 15.0 Å². The maximum absolute atomic E-state index is 12.2. The normalized spacial score (nSPS) is 16.9. The second-order valence-corrected chi connectivity index (χ2v) is 8.38. The molecule has 8 nitrogen and oxygen atoms in total. The predicted octanol–water partition coefficient (Wildman–Crippen LogP) is 3.14. The number of ether oxygens (including phenoxy) is 1. The van der Waals surface area contributed by atoms with Gasteiger partial charge < -0.3 is 15.4 Å². The predicted molar refractivity (Wildman–Crippen MR) is 117 cm³/mol. The first kappa shape index (κ1) is 22.2. The molecule has 1 aliphatic rings. The highest BCUT2D eigenvalue weighted by Crippen LogP contribution is 2.27. The SMILES string of the molecule is CC(C)OCCNC(=O)c1csc(Nc2cccc([C@H]3CCCN(CC#N)C3)n2)n1. The van der Waals surface area contributed by atoms with Crippen molar-refractivity contribution in [1.82, 2.24) is 20.2 Å². The molecule has 3 rings (SSSR count). The van der Waals surface area contributed by atoms with E-state index in [0.717, 1.165) is 31.6 Å². The fourth-order valence-corrected chi connectivity index (χ4v) is 4.08. The third kappa shape index (κ3) is 6.49. The van der Waals surface area contributed by atoms with Gasteiger partial charge in [0.25, 0.3) is 5.91 Å². The molecule has 1 atom stereocenters. The molecule has 0 unspecified atom stereocenters.